The first-order chi connectivity index (χ1) is 10.0. The van der Waals surface area contributed by atoms with Crippen molar-refractivity contribution in [1.82, 2.24) is 14.8 Å². The quantitative estimate of drug-likeness (QED) is 0.668. The van der Waals surface area contributed by atoms with Crippen LogP contribution in [-0.4, -0.2) is 46.0 Å². The number of fused-ring (bicyclic) bond motifs is 1. The highest BCUT2D eigenvalue weighted by Crippen LogP contribution is 2.33. The van der Waals surface area contributed by atoms with Gasteiger partial charge >= 0.3 is 0 Å². The van der Waals surface area contributed by atoms with Crippen molar-refractivity contribution in [2.24, 2.45) is 11.8 Å². The Hall–Kier alpha value is -1.89. The lowest BCUT2D eigenvalue weighted by Gasteiger charge is -2.24. The summed E-state index contributed by atoms with van der Waals surface area (Å²) in [4.78, 5) is 25.1. The van der Waals surface area contributed by atoms with Gasteiger partial charge in [0.25, 0.3) is 11.6 Å². The first-order valence-corrected chi connectivity index (χ1v) is 7.39. The average Bonchev–Trinajstić information content (AvgIpc) is 3.13. The van der Waals surface area contributed by atoms with Crippen LogP contribution in [0.5, 0.6) is 0 Å². The van der Waals surface area contributed by atoms with Crippen LogP contribution in [0.4, 0.5) is 5.69 Å². The van der Waals surface area contributed by atoms with Crippen LogP contribution in [0, 0.1) is 22.0 Å². The minimum Gasteiger partial charge on any atom is -0.337 e. The number of likely N-dealkylation sites (tertiary alicyclic amines) is 1. The molecule has 7 nitrogen and oxygen atoms in total. The third-order valence-corrected chi connectivity index (χ3v) is 4.85. The van der Waals surface area contributed by atoms with Gasteiger partial charge in [-0.05, 0) is 25.7 Å². The third kappa shape index (κ3) is 2.21. The average molecular weight is 292 g/mol. The molecule has 0 saturated carbocycles. The highest BCUT2D eigenvalue weighted by Gasteiger charge is 2.44. The van der Waals surface area contributed by atoms with E-state index >= 15 is 0 Å². The molecule has 0 bridgehead atoms. The largest absolute Gasteiger partial charge is 0.337 e. The van der Waals surface area contributed by atoms with Crippen molar-refractivity contribution in [3.05, 3.63) is 28.1 Å². The van der Waals surface area contributed by atoms with Crippen molar-refractivity contribution < 1.29 is 9.72 Å². The zero-order valence-corrected chi connectivity index (χ0v) is 12.3. The summed E-state index contributed by atoms with van der Waals surface area (Å²) in [5, 5.41) is 14.3. The Bertz CT molecular complexity index is 583. The number of carbonyl (C=O) groups is 1. The van der Waals surface area contributed by atoms with Crippen molar-refractivity contribution in [2.75, 3.05) is 19.6 Å². The van der Waals surface area contributed by atoms with Gasteiger partial charge in [-0.15, -0.1) is 0 Å². The Balaban J connectivity index is 1.87. The van der Waals surface area contributed by atoms with E-state index in [1.54, 1.807) is 4.57 Å². The Morgan fingerprint density at radius 2 is 2.29 bits per heavy atom. The molecule has 2 aliphatic heterocycles. The van der Waals surface area contributed by atoms with Crippen molar-refractivity contribution in [1.29, 1.82) is 0 Å². The van der Waals surface area contributed by atoms with Crippen LogP contribution >= 0.6 is 0 Å². The molecule has 1 aromatic heterocycles. The van der Waals surface area contributed by atoms with E-state index in [0.29, 0.717) is 24.1 Å². The molecule has 1 amide bonds. The lowest BCUT2D eigenvalue weighted by Crippen LogP contribution is -2.38. The molecule has 0 aromatic carbocycles. The molecule has 2 saturated heterocycles. The fourth-order valence-electron chi connectivity index (χ4n) is 3.62. The molecule has 21 heavy (non-hydrogen) atoms. The van der Waals surface area contributed by atoms with E-state index < -0.39 is 4.92 Å². The summed E-state index contributed by atoms with van der Waals surface area (Å²) in [5.41, 5.74) is 0.401. The van der Waals surface area contributed by atoms with Crippen molar-refractivity contribution in [3.63, 3.8) is 0 Å². The summed E-state index contributed by atoms with van der Waals surface area (Å²) in [6.45, 7) is 7.14. The Labute approximate surface area is 123 Å². The highest BCUT2D eigenvalue weighted by molar-refractivity contribution is 5.94. The first-order valence-electron chi connectivity index (χ1n) is 7.39. The number of hydrogen-bond donors (Lipinski definition) is 1. The SMILES string of the molecule is CCn1cc([N+](=O)[O-])cc1C(=O)N1CC2CNCC2C1C. The van der Waals surface area contributed by atoms with Crippen molar-refractivity contribution in [3.8, 4) is 0 Å². The molecule has 7 heteroatoms. The van der Waals surface area contributed by atoms with Crippen LogP contribution in [0.25, 0.3) is 0 Å². The topological polar surface area (TPSA) is 80.4 Å². The second-order valence-corrected chi connectivity index (χ2v) is 5.91. The minimum absolute atomic E-state index is 0.0195. The number of carbonyl (C=O) groups excluding carboxylic acids is 1. The summed E-state index contributed by atoms with van der Waals surface area (Å²) in [6, 6.07) is 1.57. The predicted molar refractivity (Wildman–Crippen MR) is 77.1 cm³/mol. The minimum atomic E-state index is -0.449. The molecule has 114 valence electrons. The molecular formula is C14H20N4O3. The van der Waals surface area contributed by atoms with Crippen LogP contribution in [0.3, 0.4) is 0 Å². The van der Waals surface area contributed by atoms with Gasteiger partial charge in [0.05, 0.1) is 11.1 Å². The molecule has 3 unspecified atom stereocenters. The zero-order chi connectivity index (χ0) is 15.1. The van der Waals surface area contributed by atoms with Crippen LogP contribution in [0.1, 0.15) is 24.3 Å². The molecule has 0 aliphatic carbocycles. The van der Waals surface area contributed by atoms with Crippen LogP contribution in [-0.2, 0) is 6.54 Å². The molecule has 0 radical (unpaired) electrons. The summed E-state index contributed by atoms with van der Waals surface area (Å²) in [5.74, 6) is 0.907. The second-order valence-electron chi connectivity index (χ2n) is 5.91. The van der Waals surface area contributed by atoms with Crippen molar-refractivity contribution in [2.45, 2.75) is 26.4 Å². The number of amides is 1. The molecule has 0 spiro atoms. The van der Waals surface area contributed by atoms with Gasteiger partial charge in [-0.2, -0.15) is 0 Å². The van der Waals surface area contributed by atoms with Gasteiger partial charge < -0.3 is 14.8 Å². The number of aryl methyl sites for hydroxylation is 1. The Morgan fingerprint density at radius 1 is 1.52 bits per heavy atom. The van der Waals surface area contributed by atoms with E-state index in [0.717, 1.165) is 19.6 Å². The summed E-state index contributed by atoms with van der Waals surface area (Å²) >= 11 is 0. The van der Waals surface area contributed by atoms with Crippen LogP contribution in [0.2, 0.25) is 0 Å². The Kier molecular flexibility index (Phi) is 3.44. The number of aromatic nitrogens is 1. The van der Waals surface area contributed by atoms with Gasteiger partial charge in [-0.1, -0.05) is 0 Å². The van der Waals surface area contributed by atoms with Gasteiger partial charge in [0.2, 0.25) is 0 Å². The van der Waals surface area contributed by atoms with E-state index in [1.165, 1.54) is 12.3 Å². The monoisotopic (exact) mass is 292 g/mol. The van der Waals surface area contributed by atoms with E-state index in [2.05, 4.69) is 12.2 Å². The van der Waals surface area contributed by atoms with Crippen molar-refractivity contribution >= 4 is 11.6 Å². The number of nitrogens with zero attached hydrogens (tertiary/aromatic N) is 3. The fourth-order valence-corrected chi connectivity index (χ4v) is 3.62. The van der Waals surface area contributed by atoms with Gasteiger partial charge in [0.1, 0.15) is 5.69 Å². The predicted octanol–water partition coefficient (Wildman–Crippen LogP) is 1.10. The maximum absolute atomic E-state index is 12.8. The van der Waals surface area contributed by atoms with E-state index in [4.69, 9.17) is 0 Å². The zero-order valence-electron chi connectivity index (χ0n) is 12.3. The lowest BCUT2D eigenvalue weighted by atomic mass is 9.95. The molecule has 1 aromatic rings. The summed E-state index contributed by atoms with van der Waals surface area (Å²) in [7, 11) is 0. The number of hydrogen-bond acceptors (Lipinski definition) is 4. The third-order valence-electron chi connectivity index (χ3n) is 4.85. The summed E-state index contributed by atoms with van der Waals surface area (Å²) < 4.78 is 1.67. The fraction of sp³-hybridized carbons (Fsp3) is 0.643. The van der Waals surface area contributed by atoms with Gasteiger partial charge in [-0.25, -0.2) is 0 Å². The van der Waals surface area contributed by atoms with E-state index in [9.17, 15) is 14.9 Å². The number of nitro groups is 1. The van der Waals surface area contributed by atoms with Crippen LogP contribution in [0.15, 0.2) is 12.3 Å². The Morgan fingerprint density at radius 3 is 2.90 bits per heavy atom. The molecular weight excluding hydrogens is 272 g/mol. The molecule has 2 fully saturated rings. The molecule has 3 heterocycles. The second kappa shape index (κ2) is 5.14. The van der Waals surface area contributed by atoms with E-state index in [-0.39, 0.29) is 17.6 Å². The van der Waals surface area contributed by atoms with Gasteiger partial charge in [-0.3, -0.25) is 14.9 Å². The summed E-state index contributed by atoms with van der Waals surface area (Å²) in [6.07, 6.45) is 1.44. The smallest absolute Gasteiger partial charge is 0.287 e. The van der Waals surface area contributed by atoms with Crippen LogP contribution < -0.4 is 5.32 Å². The van der Waals surface area contributed by atoms with E-state index in [1.807, 2.05) is 11.8 Å². The first kappa shape index (κ1) is 14.1. The maximum Gasteiger partial charge on any atom is 0.287 e. The normalized spacial score (nSPS) is 27.9. The molecule has 3 atom stereocenters. The number of nitrogens with one attached hydrogen (secondary N) is 1. The maximum atomic E-state index is 12.8. The van der Waals surface area contributed by atoms with Gasteiger partial charge in [0.15, 0.2) is 0 Å². The number of rotatable bonds is 3. The molecule has 2 aliphatic rings. The molecule has 3 rings (SSSR count). The molecule has 1 N–H and O–H groups in total. The lowest BCUT2D eigenvalue weighted by molar-refractivity contribution is -0.384. The standard InChI is InChI=1S/C14H20N4O3/c1-3-16-8-11(18(20)21)4-13(16)14(19)17-7-10-5-15-6-12(10)9(17)2/h4,8-10,12,15H,3,5-7H2,1-2H3. The van der Waals surface area contributed by atoms with Gasteiger partial charge in [0, 0.05) is 38.3 Å². The highest BCUT2D eigenvalue weighted by atomic mass is 16.6.